The van der Waals surface area contributed by atoms with E-state index in [1.165, 1.54) is 19.4 Å². The zero-order valence-electron chi connectivity index (χ0n) is 11.3. The van der Waals surface area contributed by atoms with Gasteiger partial charge in [-0.1, -0.05) is 6.07 Å². The number of morpholine rings is 1. The van der Waals surface area contributed by atoms with E-state index in [1.54, 1.807) is 0 Å². The van der Waals surface area contributed by atoms with E-state index >= 15 is 0 Å². The van der Waals surface area contributed by atoms with Crippen molar-refractivity contribution in [1.29, 1.82) is 0 Å². The minimum Gasteiger partial charge on any atom is -0.373 e. The van der Waals surface area contributed by atoms with Gasteiger partial charge in [0.2, 0.25) is 0 Å². The fourth-order valence-electron chi connectivity index (χ4n) is 2.95. The van der Waals surface area contributed by atoms with E-state index in [1.807, 2.05) is 24.3 Å². The highest BCUT2D eigenvalue weighted by Gasteiger charge is 2.32. The van der Waals surface area contributed by atoms with Crippen LogP contribution in [0.3, 0.4) is 0 Å². The smallest absolute Gasteiger partial charge is 0.251 e. The molecule has 1 amide bonds. The lowest BCUT2D eigenvalue weighted by Gasteiger charge is -2.35. The van der Waals surface area contributed by atoms with Crippen LogP contribution in [0.2, 0.25) is 0 Å². The van der Waals surface area contributed by atoms with Gasteiger partial charge < -0.3 is 10.1 Å². The summed E-state index contributed by atoms with van der Waals surface area (Å²) < 4.78 is 6.92. The quantitative estimate of drug-likeness (QED) is 0.807. The van der Waals surface area contributed by atoms with E-state index in [0.29, 0.717) is 18.2 Å². The standard InChI is InChI=1S/C15H19IN2O2/c16-12-4-1-3-11(7-12)15(19)17-8-14-9-18-6-2-5-13(18)10-20-14/h1,3-4,7,13-14H,2,5-6,8-10H2,(H,17,19)/t13-,14-/m0/s1. The number of ether oxygens (including phenoxy) is 1. The van der Waals surface area contributed by atoms with Crippen molar-refractivity contribution in [2.45, 2.75) is 25.0 Å². The lowest BCUT2D eigenvalue weighted by molar-refractivity contribution is -0.0461. The summed E-state index contributed by atoms with van der Waals surface area (Å²) in [4.78, 5) is 14.6. The summed E-state index contributed by atoms with van der Waals surface area (Å²) in [7, 11) is 0. The molecule has 1 aromatic rings. The van der Waals surface area contributed by atoms with Crippen LogP contribution in [0.15, 0.2) is 24.3 Å². The largest absolute Gasteiger partial charge is 0.373 e. The number of hydrogen-bond donors (Lipinski definition) is 1. The van der Waals surface area contributed by atoms with Crippen molar-refractivity contribution in [3.63, 3.8) is 0 Å². The highest BCUT2D eigenvalue weighted by atomic mass is 127. The van der Waals surface area contributed by atoms with Crippen molar-refractivity contribution in [3.8, 4) is 0 Å². The fourth-order valence-corrected chi connectivity index (χ4v) is 3.49. The first kappa shape index (κ1) is 14.3. The number of nitrogens with zero attached hydrogens (tertiary/aromatic N) is 1. The Balaban J connectivity index is 1.51. The van der Waals surface area contributed by atoms with Crippen LogP contribution in [0.4, 0.5) is 0 Å². The van der Waals surface area contributed by atoms with Crippen molar-refractivity contribution in [1.82, 2.24) is 10.2 Å². The number of hydrogen-bond acceptors (Lipinski definition) is 3. The number of nitrogens with one attached hydrogen (secondary N) is 1. The topological polar surface area (TPSA) is 41.6 Å². The number of halogens is 1. The highest BCUT2D eigenvalue weighted by Crippen LogP contribution is 2.22. The van der Waals surface area contributed by atoms with Gasteiger partial charge in [0.05, 0.1) is 12.7 Å². The Bertz CT molecular complexity index is 495. The third-order valence-electron chi connectivity index (χ3n) is 4.04. The maximum absolute atomic E-state index is 12.1. The SMILES string of the molecule is O=C(NC[C@H]1CN2CCC[C@H]2CO1)c1cccc(I)c1. The van der Waals surface area contributed by atoms with Gasteiger partial charge in [0.15, 0.2) is 0 Å². The van der Waals surface area contributed by atoms with E-state index in [-0.39, 0.29) is 12.0 Å². The van der Waals surface area contributed by atoms with Crippen LogP contribution in [-0.4, -0.2) is 49.2 Å². The number of amides is 1. The van der Waals surface area contributed by atoms with Crippen molar-refractivity contribution >= 4 is 28.5 Å². The first-order valence-corrected chi connectivity index (χ1v) is 8.19. The second-order valence-electron chi connectivity index (χ2n) is 5.47. The zero-order valence-corrected chi connectivity index (χ0v) is 13.5. The first-order chi connectivity index (χ1) is 9.72. The van der Waals surface area contributed by atoms with E-state index in [4.69, 9.17) is 4.74 Å². The molecule has 3 rings (SSSR count). The van der Waals surface area contributed by atoms with Crippen LogP contribution in [0.25, 0.3) is 0 Å². The Morgan fingerprint density at radius 2 is 2.40 bits per heavy atom. The summed E-state index contributed by atoms with van der Waals surface area (Å²) in [5.74, 6) is -0.0179. The summed E-state index contributed by atoms with van der Waals surface area (Å²) in [6, 6.07) is 8.24. The summed E-state index contributed by atoms with van der Waals surface area (Å²) in [5.41, 5.74) is 0.715. The Hall–Kier alpha value is -0.660. The van der Waals surface area contributed by atoms with Crippen molar-refractivity contribution in [2.75, 3.05) is 26.2 Å². The van der Waals surface area contributed by atoms with Gasteiger partial charge >= 0.3 is 0 Å². The third-order valence-corrected chi connectivity index (χ3v) is 4.71. The second-order valence-corrected chi connectivity index (χ2v) is 6.71. The third kappa shape index (κ3) is 3.32. The molecule has 20 heavy (non-hydrogen) atoms. The van der Waals surface area contributed by atoms with Crippen LogP contribution in [-0.2, 0) is 4.74 Å². The Labute approximate surface area is 133 Å². The molecule has 2 saturated heterocycles. The van der Waals surface area contributed by atoms with Crippen LogP contribution in [0.1, 0.15) is 23.2 Å². The lowest BCUT2D eigenvalue weighted by atomic mass is 10.2. The minimum absolute atomic E-state index is 0.0179. The van der Waals surface area contributed by atoms with E-state index < -0.39 is 0 Å². The van der Waals surface area contributed by atoms with Crippen molar-refractivity contribution < 1.29 is 9.53 Å². The highest BCUT2D eigenvalue weighted by molar-refractivity contribution is 14.1. The molecule has 2 aliphatic heterocycles. The summed E-state index contributed by atoms with van der Waals surface area (Å²) in [5, 5.41) is 2.98. The molecule has 1 aromatic carbocycles. The van der Waals surface area contributed by atoms with Crippen LogP contribution >= 0.6 is 22.6 Å². The molecule has 0 radical (unpaired) electrons. The molecule has 0 unspecified atom stereocenters. The van der Waals surface area contributed by atoms with E-state index in [2.05, 4.69) is 32.8 Å². The number of carbonyl (C=O) groups excluding carboxylic acids is 1. The van der Waals surface area contributed by atoms with Crippen LogP contribution < -0.4 is 5.32 Å². The molecule has 5 heteroatoms. The van der Waals surface area contributed by atoms with Crippen LogP contribution in [0, 0.1) is 3.57 Å². The molecule has 0 saturated carbocycles. The molecule has 108 valence electrons. The predicted octanol–water partition coefficient (Wildman–Crippen LogP) is 1.88. The van der Waals surface area contributed by atoms with Gasteiger partial charge in [-0.05, 0) is 60.2 Å². The molecular formula is C15H19IN2O2. The summed E-state index contributed by atoms with van der Waals surface area (Å²) in [6.45, 7) is 3.52. The second kappa shape index (κ2) is 6.41. The lowest BCUT2D eigenvalue weighted by Crippen LogP contribution is -2.50. The predicted molar refractivity (Wildman–Crippen MR) is 85.8 cm³/mol. The Morgan fingerprint density at radius 3 is 3.25 bits per heavy atom. The summed E-state index contributed by atoms with van der Waals surface area (Å²) in [6.07, 6.45) is 2.65. The number of fused-ring (bicyclic) bond motifs is 1. The molecule has 0 aromatic heterocycles. The maximum Gasteiger partial charge on any atom is 0.251 e. The molecule has 0 aliphatic carbocycles. The molecule has 0 bridgehead atoms. The molecule has 1 N–H and O–H groups in total. The molecule has 2 fully saturated rings. The molecular weight excluding hydrogens is 367 g/mol. The average molecular weight is 386 g/mol. The molecule has 2 atom stereocenters. The monoisotopic (exact) mass is 386 g/mol. The van der Waals surface area contributed by atoms with Crippen LogP contribution in [0.5, 0.6) is 0 Å². The van der Waals surface area contributed by atoms with Gasteiger partial charge in [-0.2, -0.15) is 0 Å². The van der Waals surface area contributed by atoms with Crippen molar-refractivity contribution in [2.24, 2.45) is 0 Å². The van der Waals surface area contributed by atoms with E-state index in [0.717, 1.165) is 16.7 Å². The average Bonchev–Trinajstić information content (AvgIpc) is 2.92. The molecule has 2 heterocycles. The minimum atomic E-state index is -0.0179. The van der Waals surface area contributed by atoms with Gasteiger partial charge in [-0.15, -0.1) is 0 Å². The normalized spacial score (nSPS) is 26.2. The number of rotatable bonds is 3. The van der Waals surface area contributed by atoms with E-state index in [9.17, 15) is 4.79 Å². The summed E-state index contributed by atoms with van der Waals surface area (Å²) >= 11 is 2.22. The Kier molecular flexibility index (Phi) is 4.58. The van der Waals surface area contributed by atoms with Crippen molar-refractivity contribution in [3.05, 3.63) is 33.4 Å². The molecule has 2 aliphatic rings. The van der Waals surface area contributed by atoms with Gasteiger partial charge in [-0.3, -0.25) is 9.69 Å². The fraction of sp³-hybridized carbons (Fsp3) is 0.533. The zero-order chi connectivity index (χ0) is 13.9. The first-order valence-electron chi connectivity index (χ1n) is 7.12. The number of benzene rings is 1. The Morgan fingerprint density at radius 1 is 1.50 bits per heavy atom. The number of carbonyl (C=O) groups is 1. The van der Waals surface area contributed by atoms with Gasteiger partial charge in [0.1, 0.15) is 0 Å². The van der Waals surface area contributed by atoms with Gasteiger partial charge in [0.25, 0.3) is 5.91 Å². The van der Waals surface area contributed by atoms with Gasteiger partial charge in [0, 0.05) is 28.3 Å². The molecule has 4 nitrogen and oxygen atoms in total. The maximum atomic E-state index is 12.1. The molecule has 0 spiro atoms. The van der Waals surface area contributed by atoms with Gasteiger partial charge in [-0.25, -0.2) is 0 Å².